The van der Waals surface area contributed by atoms with Crippen LogP contribution in [0.2, 0.25) is 0 Å². The zero-order valence-electron chi connectivity index (χ0n) is 28.4. The zero-order chi connectivity index (χ0) is 35.2. The molecule has 3 N–H and O–H groups in total. The van der Waals surface area contributed by atoms with E-state index in [1.54, 1.807) is 6.07 Å². The van der Waals surface area contributed by atoms with E-state index in [1.165, 1.54) is 7.11 Å². The van der Waals surface area contributed by atoms with Crippen LogP contribution in [0.25, 0.3) is 32.3 Å². The maximum Gasteiger partial charge on any atom is 0.328 e. The van der Waals surface area contributed by atoms with Gasteiger partial charge in [-0.05, 0) is 61.8 Å². The molecule has 0 aromatic heterocycles. The number of methoxy groups -OCH3 is 1. The molecule has 0 unspecified atom stereocenters. The number of benzene rings is 6. The Balaban J connectivity index is 1.31. The molecule has 0 aliphatic heterocycles. The smallest absolute Gasteiger partial charge is 0.328 e. The lowest BCUT2D eigenvalue weighted by molar-refractivity contribution is -0.145. The molecular weight excluding hydrogens is 626 g/mol. The van der Waals surface area contributed by atoms with Gasteiger partial charge in [-0.3, -0.25) is 14.4 Å². The number of amides is 3. The van der Waals surface area contributed by atoms with Crippen molar-refractivity contribution in [2.24, 2.45) is 5.92 Å². The molecule has 0 aliphatic carbocycles. The van der Waals surface area contributed by atoms with Gasteiger partial charge in [0, 0.05) is 18.4 Å². The van der Waals surface area contributed by atoms with E-state index in [-0.39, 0.29) is 18.8 Å². The van der Waals surface area contributed by atoms with Crippen LogP contribution in [0.4, 0.5) is 0 Å². The van der Waals surface area contributed by atoms with Gasteiger partial charge in [0.05, 0.1) is 7.11 Å². The van der Waals surface area contributed by atoms with E-state index in [4.69, 9.17) is 4.74 Å². The van der Waals surface area contributed by atoms with Gasteiger partial charge >= 0.3 is 5.97 Å². The normalized spacial score (nSPS) is 13.2. The van der Waals surface area contributed by atoms with E-state index in [2.05, 4.69) is 40.2 Å². The molecule has 8 nitrogen and oxygen atoms in total. The highest BCUT2D eigenvalue weighted by Crippen LogP contribution is 2.36. The van der Waals surface area contributed by atoms with Gasteiger partial charge in [0.1, 0.15) is 18.1 Å². The SMILES string of the molecule is COC(=O)[C@H](CC(C)C)NC(=O)[C@H](Cc1ccccc1)NC(=O)[C@H](Cc1ccccc1)NC(=O)c1ccc2ccc3cccc4ccc1c2c34. The number of rotatable bonds is 13. The minimum absolute atomic E-state index is 0.104. The predicted octanol–water partition coefficient (Wildman–Crippen LogP) is 6.36. The van der Waals surface area contributed by atoms with Crippen molar-refractivity contribution >= 4 is 56.0 Å². The molecule has 3 amide bonds. The number of ether oxygens (including phenoxy) is 1. The first-order valence-corrected chi connectivity index (χ1v) is 17.0. The third kappa shape index (κ3) is 7.60. The number of carbonyl (C=O) groups is 4. The fourth-order valence-corrected chi connectivity index (χ4v) is 6.66. The third-order valence-electron chi connectivity index (χ3n) is 9.10. The quantitative estimate of drug-likeness (QED) is 0.0981. The minimum Gasteiger partial charge on any atom is -0.467 e. The summed E-state index contributed by atoms with van der Waals surface area (Å²) in [6.45, 7) is 3.89. The predicted molar refractivity (Wildman–Crippen MR) is 197 cm³/mol. The first-order valence-electron chi connectivity index (χ1n) is 17.0. The average Bonchev–Trinajstić information content (AvgIpc) is 3.13. The van der Waals surface area contributed by atoms with Crippen molar-refractivity contribution in [2.75, 3.05) is 7.11 Å². The van der Waals surface area contributed by atoms with Crippen LogP contribution in [0, 0.1) is 5.92 Å². The summed E-state index contributed by atoms with van der Waals surface area (Å²) in [6.07, 6.45) is 0.744. The van der Waals surface area contributed by atoms with Crippen molar-refractivity contribution < 1.29 is 23.9 Å². The zero-order valence-corrected chi connectivity index (χ0v) is 28.4. The summed E-state index contributed by atoms with van der Waals surface area (Å²) in [5.41, 5.74) is 2.12. The topological polar surface area (TPSA) is 114 Å². The molecule has 0 aliphatic rings. The standard InChI is InChI=1S/C42H41N3O5/c1-26(2)23-36(42(49)50-3)45-41(48)35(25-28-13-8-5-9-14-28)44-40(47)34(24-27-11-6-4-7-12-27)43-39(46)33-22-20-31-18-17-29-15-10-16-30-19-21-32(33)38(31)37(29)30/h4-22,26,34-36H,23-25H2,1-3H3,(H,43,46)(H,44,47)(H,45,48)/t34-,35-,36-/m0/s1. The highest BCUT2D eigenvalue weighted by atomic mass is 16.5. The minimum atomic E-state index is -1.03. The summed E-state index contributed by atoms with van der Waals surface area (Å²) in [5.74, 6) is -1.89. The second-order valence-corrected chi connectivity index (χ2v) is 13.1. The Hall–Kier alpha value is -5.76. The second kappa shape index (κ2) is 15.2. The van der Waals surface area contributed by atoms with Gasteiger partial charge in [0.25, 0.3) is 5.91 Å². The van der Waals surface area contributed by atoms with Crippen LogP contribution < -0.4 is 16.0 Å². The fraction of sp³-hybridized carbons (Fsp3) is 0.238. The average molecular weight is 668 g/mol. The van der Waals surface area contributed by atoms with Crippen molar-refractivity contribution in [3.8, 4) is 0 Å². The van der Waals surface area contributed by atoms with E-state index in [0.29, 0.717) is 12.0 Å². The van der Waals surface area contributed by atoms with Gasteiger partial charge in [0.2, 0.25) is 11.8 Å². The Morgan fingerprint density at radius 2 is 1.06 bits per heavy atom. The van der Waals surface area contributed by atoms with Crippen molar-refractivity contribution in [3.05, 3.63) is 132 Å². The van der Waals surface area contributed by atoms with Gasteiger partial charge in [-0.15, -0.1) is 0 Å². The number of hydrogen-bond donors (Lipinski definition) is 3. The van der Waals surface area contributed by atoms with E-state index in [1.807, 2.05) is 98.8 Å². The van der Waals surface area contributed by atoms with Crippen LogP contribution >= 0.6 is 0 Å². The Labute approximate surface area is 291 Å². The lowest BCUT2D eigenvalue weighted by Crippen LogP contribution is -2.57. The van der Waals surface area contributed by atoms with Crippen molar-refractivity contribution in [1.29, 1.82) is 0 Å². The summed E-state index contributed by atoms with van der Waals surface area (Å²) in [4.78, 5) is 54.8. The monoisotopic (exact) mass is 667 g/mol. The largest absolute Gasteiger partial charge is 0.467 e. The number of nitrogens with one attached hydrogen (secondary N) is 3. The molecule has 0 bridgehead atoms. The molecule has 0 spiro atoms. The Morgan fingerprint density at radius 3 is 1.62 bits per heavy atom. The first kappa shape index (κ1) is 34.1. The van der Waals surface area contributed by atoms with Gasteiger partial charge in [0.15, 0.2) is 0 Å². The molecule has 0 heterocycles. The Morgan fingerprint density at radius 1 is 0.560 bits per heavy atom. The van der Waals surface area contributed by atoms with Crippen molar-refractivity contribution in [2.45, 2.75) is 51.2 Å². The van der Waals surface area contributed by atoms with Crippen molar-refractivity contribution in [1.82, 2.24) is 16.0 Å². The molecule has 0 fully saturated rings. The second-order valence-electron chi connectivity index (χ2n) is 13.1. The maximum absolute atomic E-state index is 14.2. The summed E-state index contributed by atoms with van der Waals surface area (Å²) < 4.78 is 4.96. The summed E-state index contributed by atoms with van der Waals surface area (Å²) in [6, 6.07) is 33.8. The number of carbonyl (C=O) groups excluding carboxylic acids is 4. The molecule has 254 valence electrons. The Kier molecular flexibility index (Phi) is 10.4. The summed E-state index contributed by atoms with van der Waals surface area (Å²) in [7, 11) is 1.28. The molecule has 0 saturated heterocycles. The van der Waals surface area contributed by atoms with Gasteiger partial charge in [-0.1, -0.05) is 123 Å². The number of hydrogen-bond acceptors (Lipinski definition) is 5. The molecule has 6 aromatic carbocycles. The van der Waals surface area contributed by atoms with Crippen LogP contribution in [0.3, 0.4) is 0 Å². The van der Waals surface area contributed by atoms with Crippen molar-refractivity contribution in [3.63, 3.8) is 0 Å². The molecule has 6 rings (SSSR count). The van der Waals surface area contributed by atoms with Crippen LogP contribution in [0.5, 0.6) is 0 Å². The van der Waals surface area contributed by atoms with Gasteiger partial charge in [-0.25, -0.2) is 4.79 Å². The molecule has 3 atom stereocenters. The summed E-state index contributed by atoms with van der Waals surface area (Å²) >= 11 is 0. The first-order chi connectivity index (χ1) is 24.2. The van der Waals surface area contributed by atoms with Gasteiger partial charge < -0.3 is 20.7 Å². The lowest BCUT2D eigenvalue weighted by atomic mass is 9.91. The van der Waals surface area contributed by atoms with E-state index < -0.39 is 41.8 Å². The van der Waals surface area contributed by atoms with E-state index in [9.17, 15) is 19.2 Å². The van der Waals surface area contributed by atoms with E-state index >= 15 is 0 Å². The fourth-order valence-electron chi connectivity index (χ4n) is 6.66. The van der Waals surface area contributed by atoms with Crippen LogP contribution in [0.1, 0.15) is 41.8 Å². The Bertz CT molecular complexity index is 2110. The molecule has 6 aromatic rings. The van der Waals surface area contributed by atoms with E-state index in [0.717, 1.165) is 43.4 Å². The van der Waals surface area contributed by atoms with Gasteiger partial charge in [-0.2, -0.15) is 0 Å². The highest BCUT2D eigenvalue weighted by molar-refractivity contribution is 6.26. The highest BCUT2D eigenvalue weighted by Gasteiger charge is 2.31. The molecule has 8 heteroatoms. The van der Waals surface area contributed by atoms with Crippen LogP contribution in [-0.4, -0.2) is 48.9 Å². The molecule has 50 heavy (non-hydrogen) atoms. The third-order valence-corrected chi connectivity index (χ3v) is 9.10. The summed E-state index contributed by atoms with van der Waals surface area (Å²) in [5, 5.41) is 14.8. The molecular formula is C42H41N3O5. The molecule has 0 radical (unpaired) electrons. The van der Waals surface area contributed by atoms with Crippen LogP contribution in [0.15, 0.2) is 115 Å². The van der Waals surface area contributed by atoms with Crippen LogP contribution in [-0.2, 0) is 32.0 Å². The lowest BCUT2D eigenvalue weighted by Gasteiger charge is -2.26. The number of esters is 1. The molecule has 0 saturated carbocycles. The maximum atomic E-state index is 14.2.